The summed E-state index contributed by atoms with van der Waals surface area (Å²) in [6, 6.07) is 0.247. The molecule has 2 N–H and O–H groups in total. The number of ether oxygens (including phenoxy) is 1. The molecule has 0 aliphatic carbocycles. The minimum absolute atomic E-state index is 0.0674. The third-order valence-electron chi connectivity index (χ3n) is 3.32. The van der Waals surface area contributed by atoms with Gasteiger partial charge in [0, 0.05) is 12.6 Å². The summed E-state index contributed by atoms with van der Waals surface area (Å²) < 4.78 is 5.13. The molecule has 4 nitrogen and oxygen atoms in total. The largest absolute Gasteiger partial charge is 0.465 e. The topological polar surface area (TPSA) is 55.6 Å². The summed E-state index contributed by atoms with van der Waals surface area (Å²) in [6.07, 6.45) is 4.18. The van der Waals surface area contributed by atoms with Crippen molar-refractivity contribution in [2.75, 3.05) is 19.7 Å². The molecule has 16 heavy (non-hydrogen) atoms. The van der Waals surface area contributed by atoms with Gasteiger partial charge in [-0.3, -0.25) is 9.69 Å². The SMILES string of the molecule is CCOC(=O)C1CCCCN1C(CC)CN. The predicted molar refractivity (Wildman–Crippen MR) is 64.1 cm³/mol. The van der Waals surface area contributed by atoms with Crippen molar-refractivity contribution in [3.05, 3.63) is 0 Å². The molecular formula is C12H24N2O2. The van der Waals surface area contributed by atoms with Gasteiger partial charge >= 0.3 is 5.97 Å². The van der Waals surface area contributed by atoms with Crippen molar-refractivity contribution in [2.45, 2.75) is 51.6 Å². The van der Waals surface area contributed by atoms with Crippen molar-refractivity contribution in [3.63, 3.8) is 0 Å². The molecule has 2 atom stereocenters. The highest BCUT2D eigenvalue weighted by molar-refractivity contribution is 5.75. The summed E-state index contributed by atoms with van der Waals surface area (Å²) in [5.74, 6) is -0.0749. The van der Waals surface area contributed by atoms with E-state index in [1.165, 1.54) is 0 Å². The van der Waals surface area contributed by atoms with Gasteiger partial charge in [-0.2, -0.15) is 0 Å². The van der Waals surface area contributed by atoms with Crippen LogP contribution in [0, 0.1) is 0 Å². The molecule has 1 rings (SSSR count). The van der Waals surface area contributed by atoms with Gasteiger partial charge in [-0.15, -0.1) is 0 Å². The predicted octanol–water partition coefficient (Wildman–Crippen LogP) is 1.14. The van der Waals surface area contributed by atoms with E-state index in [2.05, 4.69) is 11.8 Å². The van der Waals surface area contributed by atoms with Gasteiger partial charge in [0.05, 0.1) is 6.61 Å². The molecule has 0 saturated carbocycles. The van der Waals surface area contributed by atoms with E-state index in [1.807, 2.05) is 6.92 Å². The molecule has 0 spiro atoms. The number of carbonyl (C=O) groups is 1. The Balaban J connectivity index is 2.66. The molecule has 94 valence electrons. The fraction of sp³-hybridized carbons (Fsp3) is 0.917. The second-order valence-corrected chi connectivity index (χ2v) is 4.30. The molecule has 1 aliphatic rings. The summed E-state index contributed by atoms with van der Waals surface area (Å²) >= 11 is 0. The van der Waals surface area contributed by atoms with Crippen molar-refractivity contribution in [1.82, 2.24) is 4.90 Å². The van der Waals surface area contributed by atoms with Gasteiger partial charge in [-0.05, 0) is 32.7 Å². The molecular weight excluding hydrogens is 204 g/mol. The third kappa shape index (κ3) is 3.19. The van der Waals surface area contributed by atoms with Crippen LogP contribution >= 0.6 is 0 Å². The highest BCUT2D eigenvalue weighted by atomic mass is 16.5. The van der Waals surface area contributed by atoms with Gasteiger partial charge in [0.2, 0.25) is 0 Å². The zero-order valence-electron chi connectivity index (χ0n) is 10.4. The maximum atomic E-state index is 11.8. The number of nitrogens with two attached hydrogens (primary N) is 1. The first-order valence-electron chi connectivity index (χ1n) is 6.37. The molecule has 0 aromatic rings. The van der Waals surface area contributed by atoms with E-state index in [1.54, 1.807) is 0 Å². The van der Waals surface area contributed by atoms with Gasteiger partial charge in [-0.1, -0.05) is 13.3 Å². The van der Waals surface area contributed by atoms with Gasteiger partial charge in [0.15, 0.2) is 0 Å². The molecule has 1 aliphatic heterocycles. The van der Waals surface area contributed by atoms with Crippen LogP contribution in [0.15, 0.2) is 0 Å². The normalized spacial score (nSPS) is 24.1. The zero-order valence-corrected chi connectivity index (χ0v) is 10.4. The number of hydrogen-bond acceptors (Lipinski definition) is 4. The van der Waals surface area contributed by atoms with Gasteiger partial charge in [-0.25, -0.2) is 0 Å². The molecule has 4 heteroatoms. The number of piperidine rings is 1. The van der Waals surface area contributed by atoms with Crippen molar-refractivity contribution in [1.29, 1.82) is 0 Å². The van der Waals surface area contributed by atoms with E-state index in [9.17, 15) is 4.79 Å². The Bertz CT molecular complexity index is 217. The lowest BCUT2D eigenvalue weighted by Crippen LogP contribution is -2.52. The van der Waals surface area contributed by atoms with Crippen LogP contribution in [-0.4, -0.2) is 42.6 Å². The number of esters is 1. The summed E-state index contributed by atoms with van der Waals surface area (Å²) in [7, 11) is 0. The Morgan fingerprint density at radius 1 is 1.50 bits per heavy atom. The number of likely N-dealkylation sites (tertiary alicyclic amines) is 1. The zero-order chi connectivity index (χ0) is 12.0. The summed E-state index contributed by atoms with van der Waals surface area (Å²) in [5.41, 5.74) is 5.76. The van der Waals surface area contributed by atoms with E-state index < -0.39 is 0 Å². The number of nitrogens with zero attached hydrogens (tertiary/aromatic N) is 1. The van der Waals surface area contributed by atoms with Crippen molar-refractivity contribution in [3.8, 4) is 0 Å². The minimum Gasteiger partial charge on any atom is -0.465 e. The molecule has 0 bridgehead atoms. The summed E-state index contributed by atoms with van der Waals surface area (Å²) in [4.78, 5) is 14.1. The van der Waals surface area contributed by atoms with E-state index in [4.69, 9.17) is 10.5 Å². The Labute approximate surface area is 98.1 Å². The molecule has 0 aromatic carbocycles. The Morgan fingerprint density at radius 2 is 2.25 bits per heavy atom. The molecule has 0 radical (unpaired) electrons. The monoisotopic (exact) mass is 228 g/mol. The van der Waals surface area contributed by atoms with Gasteiger partial charge in [0.1, 0.15) is 6.04 Å². The van der Waals surface area contributed by atoms with Crippen LogP contribution in [0.3, 0.4) is 0 Å². The summed E-state index contributed by atoms with van der Waals surface area (Å²) in [6.45, 7) is 6.02. The van der Waals surface area contributed by atoms with Crippen molar-refractivity contribution < 1.29 is 9.53 Å². The van der Waals surface area contributed by atoms with Crippen molar-refractivity contribution >= 4 is 5.97 Å². The van der Waals surface area contributed by atoms with Crippen LogP contribution in [0.2, 0.25) is 0 Å². The van der Waals surface area contributed by atoms with Crippen molar-refractivity contribution in [2.24, 2.45) is 5.73 Å². The number of carbonyl (C=O) groups excluding carboxylic acids is 1. The molecule has 0 aromatic heterocycles. The van der Waals surface area contributed by atoms with Crippen LogP contribution in [0.1, 0.15) is 39.5 Å². The van der Waals surface area contributed by atoms with Gasteiger partial charge in [0.25, 0.3) is 0 Å². The third-order valence-corrected chi connectivity index (χ3v) is 3.32. The standard InChI is InChI=1S/C12H24N2O2/c1-3-10(9-13)14-8-6-5-7-11(14)12(15)16-4-2/h10-11H,3-9,13H2,1-2H3. The first-order chi connectivity index (χ1) is 7.74. The van der Waals surface area contributed by atoms with Crippen LogP contribution in [0.25, 0.3) is 0 Å². The van der Waals surface area contributed by atoms with Crippen LogP contribution in [0.4, 0.5) is 0 Å². The Hall–Kier alpha value is -0.610. The van der Waals surface area contributed by atoms with E-state index >= 15 is 0 Å². The number of rotatable bonds is 5. The maximum absolute atomic E-state index is 11.8. The second kappa shape index (κ2) is 6.86. The first kappa shape index (κ1) is 13.5. The maximum Gasteiger partial charge on any atom is 0.323 e. The molecule has 0 amide bonds. The molecule has 1 heterocycles. The van der Waals surface area contributed by atoms with E-state index in [-0.39, 0.29) is 12.0 Å². The van der Waals surface area contributed by atoms with E-state index in [0.29, 0.717) is 19.2 Å². The van der Waals surface area contributed by atoms with Crippen LogP contribution in [0.5, 0.6) is 0 Å². The van der Waals surface area contributed by atoms with Gasteiger partial charge < -0.3 is 10.5 Å². The lowest BCUT2D eigenvalue weighted by atomic mass is 9.99. The minimum atomic E-state index is -0.0749. The smallest absolute Gasteiger partial charge is 0.323 e. The fourth-order valence-electron chi connectivity index (χ4n) is 2.42. The summed E-state index contributed by atoms with van der Waals surface area (Å²) in [5, 5.41) is 0. The van der Waals surface area contributed by atoms with E-state index in [0.717, 1.165) is 32.2 Å². The average Bonchev–Trinajstić information content (AvgIpc) is 2.31. The molecule has 2 unspecified atom stereocenters. The molecule has 1 fully saturated rings. The van der Waals surface area contributed by atoms with Crippen LogP contribution < -0.4 is 5.73 Å². The second-order valence-electron chi connectivity index (χ2n) is 4.30. The Kier molecular flexibility index (Phi) is 5.77. The highest BCUT2D eigenvalue weighted by Crippen LogP contribution is 2.21. The average molecular weight is 228 g/mol. The lowest BCUT2D eigenvalue weighted by Gasteiger charge is -2.39. The quantitative estimate of drug-likeness (QED) is 0.717. The highest BCUT2D eigenvalue weighted by Gasteiger charge is 2.33. The lowest BCUT2D eigenvalue weighted by molar-refractivity contribution is -0.152. The Morgan fingerprint density at radius 3 is 2.81 bits per heavy atom. The van der Waals surface area contributed by atoms with Crippen LogP contribution in [-0.2, 0) is 9.53 Å². The number of hydrogen-bond donors (Lipinski definition) is 1. The fourth-order valence-corrected chi connectivity index (χ4v) is 2.42. The first-order valence-corrected chi connectivity index (χ1v) is 6.37. The molecule has 1 saturated heterocycles.